The van der Waals surface area contributed by atoms with Gasteiger partial charge in [0.05, 0.1) is 23.9 Å². The summed E-state index contributed by atoms with van der Waals surface area (Å²) in [5, 5.41) is 7.70. The minimum absolute atomic E-state index is 0.104. The number of methoxy groups -OCH3 is 1. The minimum atomic E-state index is -0.311. The molecule has 0 bridgehead atoms. The first-order chi connectivity index (χ1) is 16.7. The van der Waals surface area contributed by atoms with Gasteiger partial charge >= 0.3 is 0 Å². The third kappa shape index (κ3) is 9.66. The van der Waals surface area contributed by atoms with Gasteiger partial charge in [-0.3, -0.25) is 9.59 Å². The Labute approximate surface area is 212 Å². The summed E-state index contributed by atoms with van der Waals surface area (Å²) in [6.45, 7) is 8.60. The van der Waals surface area contributed by atoms with Crippen molar-refractivity contribution in [2.75, 3.05) is 19.0 Å². The number of thiazole rings is 1. The Morgan fingerprint density at radius 1 is 1.20 bits per heavy atom. The standard InChI is InChI=1S/C18H18N4O2S.C9H20O/c1-12-4-3-5-13(8-12)15-11-25-18(20-15)21-16(23)9-19-17(24)14-6-7-22(2)10-14;1-5-8(3)7-9(6-2)10-4/h3-8,10-11H,9H2,1-2H3,(H,19,24)(H,20,21,23);8-9H,5-7H2,1-4H3. The average molecular weight is 499 g/mol. The maximum absolute atomic E-state index is 12.0. The van der Waals surface area contributed by atoms with Gasteiger partial charge in [-0.05, 0) is 37.8 Å². The van der Waals surface area contributed by atoms with Gasteiger partial charge in [-0.1, -0.05) is 51.0 Å². The Balaban J connectivity index is 0.000000367. The molecule has 35 heavy (non-hydrogen) atoms. The summed E-state index contributed by atoms with van der Waals surface area (Å²) < 4.78 is 7.05. The van der Waals surface area contributed by atoms with Crippen molar-refractivity contribution in [3.05, 3.63) is 59.2 Å². The second-order valence-electron chi connectivity index (χ2n) is 8.72. The number of nitrogens with zero attached hydrogens (tertiary/aromatic N) is 2. The van der Waals surface area contributed by atoms with E-state index in [1.807, 2.05) is 43.6 Å². The molecule has 7 nitrogen and oxygen atoms in total. The summed E-state index contributed by atoms with van der Waals surface area (Å²) in [4.78, 5) is 28.3. The van der Waals surface area contributed by atoms with E-state index < -0.39 is 0 Å². The van der Waals surface area contributed by atoms with Gasteiger partial charge in [0.15, 0.2) is 5.13 Å². The van der Waals surface area contributed by atoms with E-state index in [9.17, 15) is 9.59 Å². The lowest BCUT2D eigenvalue weighted by Crippen LogP contribution is -2.32. The van der Waals surface area contributed by atoms with Gasteiger partial charge in [0.1, 0.15) is 0 Å². The summed E-state index contributed by atoms with van der Waals surface area (Å²) in [5.74, 6) is 0.217. The van der Waals surface area contributed by atoms with E-state index in [0.29, 0.717) is 16.8 Å². The Bertz CT molecular complexity index is 1070. The van der Waals surface area contributed by atoms with Crippen molar-refractivity contribution in [2.24, 2.45) is 13.0 Å². The van der Waals surface area contributed by atoms with Crippen molar-refractivity contribution in [1.82, 2.24) is 14.9 Å². The summed E-state index contributed by atoms with van der Waals surface area (Å²) in [6, 6.07) is 9.71. The van der Waals surface area contributed by atoms with E-state index in [1.54, 1.807) is 30.1 Å². The second kappa shape index (κ2) is 14.4. The first-order valence-electron chi connectivity index (χ1n) is 12.0. The molecule has 0 aliphatic rings. The van der Waals surface area contributed by atoms with E-state index >= 15 is 0 Å². The highest BCUT2D eigenvalue weighted by molar-refractivity contribution is 7.14. The van der Waals surface area contributed by atoms with Crippen LogP contribution in [0.5, 0.6) is 0 Å². The fraction of sp³-hybridized carbons (Fsp3) is 0.444. The predicted octanol–water partition coefficient (Wildman–Crippen LogP) is 5.67. The fourth-order valence-electron chi connectivity index (χ4n) is 3.38. The molecule has 1 aromatic carbocycles. The quantitative estimate of drug-likeness (QED) is 0.377. The lowest BCUT2D eigenvalue weighted by Gasteiger charge is -2.16. The zero-order chi connectivity index (χ0) is 25.8. The average Bonchev–Trinajstić information content (AvgIpc) is 3.50. The van der Waals surface area contributed by atoms with Crippen LogP contribution in [0.1, 0.15) is 56.0 Å². The molecule has 0 spiro atoms. The third-order valence-corrected chi connectivity index (χ3v) is 6.48. The monoisotopic (exact) mass is 498 g/mol. The van der Waals surface area contributed by atoms with Crippen molar-refractivity contribution in [2.45, 2.75) is 53.1 Å². The number of anilines is 1. The van der Waals surface area contributed by atoms with Gasteiger partial charge in [-0.25, -0.2) is 4.98 Å². The van der Waals surface area contributed by atoms with Gasteiger partial charge in [0, 0.05) is 37.5 Å². The van der Waals surface area contributed by atoms with Gasteiger partial charge in [-0.15, -0.1) is 11.3 Å². The molecule has 0 aliphatic heterocycles. The summed E-state index contributed by atoms with van der Waals surface area (Å²) in [7, 11) is 3.63. The Morgan fingerprint density at radius 3 is 2.57 bits per heavy atom. The van der Waals surface area contributed by atoms with Crippen LogP contribution in [0.15, 0.2) is 48.1 Å². The minimum Gasteiger partial charge on any atom is -0.381 e. The second-order valence-corrected chi connectivity index (χ2v) is 9.58. The largest absolute Gasteiger partial charge is 0.381 e. The Hall–Kier alpha value is -2.97. The molecule has 0 aliphatic carbocycles. The molecular weight excluding hydrogens is 460 g/mol. The number of carbonyl (C=O) groups excluding carboxylic acids is 2. The molecule has 8 heteroatoms. The molecule has 2 amide bonds. The number of amides is 2. The summed E-state index contributed by atoms with van der Waals surface area (Å²) >= 11 is 1.35. The molecule has 3 rings (SSSR count). The van der Waals surface area contributed by atoms with Crippen LogP contribution in [0.3, 0.4) is 0 Å². The van der Waals surface area contributed by atoms with Crippen LogP contribution in [0.25, 0.3) is 11.3 Å². The Morgan fingerprint density at radius 2 is 1.97 bits per heavy atom. The molecule has 190 valence electrons. The first kappa shape index (κ1) is 28.3. The number of nitrogens with one attached hydrogen (secondary N) is 2. The molecule has 2 unspecified atom stereocenters. The molecule has 2 heterocycles. The topological polar surface area (TPSA) is 85.3 Å². The highest BCUT2D eigenvalue weighted by Crippen LogP contribution is 2.25. The highest BCUT2D eigenvalue weighted by atomic mass is 32.1. The number of hydrogen-bond acceptors (Lipinski definition) is 5. The van der Waals surface area contributed by atoms with Crippen molar-refractivity contribution >= 4 is 28.3 Å². The Kier molecular flexibility index (Phi) is 11.7. The number of ether oxygens (including phenoxy) is 1. The molecule has 0 radical (unpaired) electrons. The van der Waals surface area contributed by atoms with Crippen LogP contribution in [-0.2, 0) is 16.6 Å². The molecule has 2 aromatic heterocycles. The molecule has 0 saturated heterocycles. The van der Waals surface area contributed by atoms with Crippen LogP contribution in [0.2, 0.25) is 0 Å². The molecule has 2 N–H and O–H groups in total. The van der Waals surface area contributed by atoms with E-state index in [2.05, 4.69) is 36.4 Å². The maximum atomic E-state index is 12.0. The van der Waals surface area contributed by atoms with E-state index in [-0.39, 0.29) is 18.4 Å². The van der Waals surface area contributed by atoms with Crippen LogP contribution in [-0.4, -0.2) is 41.1 Å². The summed E-state index contributed by atoms with van der Waals surface area (Å²) in [6.07, 6.45) is 7.57. The number of carbonyl (C=O) groups is 2. The molecule has 2 atom stereocenters. The van der Waals surface area contributed by atoms with E-state index in [1.165, 1.54) is 24.2 Å². The zero-order valence-electron chi connectivity index (χ0n) is 21.6. The van der Waals surface area contributed by atoms with Crippen LogP contribution in [0, 0.1) is 12.8 Å². The van der Waals surface area contributed by atoms with Crippen LogP contribution >= 0.6 is 11.3 Å². The van der Waals surface area contributed by atoms with Gasteiger partial charge in [0.2, 0.25) is 5.91 Å². The predicted molar refractivity (Wildman–Crippen MR) is 144 cm³/mol. The summed E-state index contributed by atoms with van der Waals surface area (Å²) in [5.41, 5.74) is 3.50. The van der Waals surface area contributed by atoms with Crippen LogP contribution in [0.4, 0.5) is 5.13 Å². The zero-order valence-corrected chi connectivity index (χ0v) is 22.4. The first-order valence-corrected chi connectivity index (χ1v) is 12.9. The van der Waals surface area contributed by atoms with Gasteiger partial charge in [-0.2, -0.15) is 0 Å². The van der Waals surface area contributed by atoms with Crippen LogP contribution < -0.4 is 10.6 Å². The third-order valence-electron chi connectivity index (χ3n) is 5.72. The van der Waals surface area contributed by atoms with E-state index in [4.69, 9.17) is 4.74 Å². The number of hydrogen-bond donors (Lipinski definition) is 2. The smallest absolute Gasteiger partial charge is 0.253 e. The van der Waals surface area contributed by atoms with Gasteiger partial charge in [0.25, 0.3) is 5.91 Å². The van der Waals surface area contributed by atoms with E-state index in [0.717, 1.165) is 29.2 Å². The normalized spacial score (nSPS) is 12.3. The number of aryl methyl sites for hydroxylation is 2. The molecule has 3 aromatic rings. The lowest BCUT2D eigenvalue weighted by molar-refractivity contribution is -0.115. The maximum Gasteiger partial charge on any atom is 0.253 e. The SMILES string of the molecule is CCC(C)CC(CC)OC.Cc1cccc(-c2csc(NC(=O)CNC(=O)c3ccn(C)c3)n2)c1. The van der Waals surface area contributed by atoms with Crippen molar-refractivity contribution in [3.8, 4) is 11.3 Å². The van der Waals surface area contributed by atoms with Crippen molar-refractivity contribution in [1.29, 1.82) is 0 Å². The highest BCUT2D eigenvalue weighted by Gasteiger charge is 2.11. The van der Waals surface area contributed by atoms with Crippen molar-refractivity contribution < 1.29 is 14.3 Å². The molecule has 0 fully saturated rings. The van der Waals surface area contributed by atoms with Crippen molar-refractivity contribution in [3.63, 3.8) is 0 Å². The number of rotatable bonds is 10. The molecule has 0 saturated carbocycles. The van der Waals surface area contributed by atoms with Gasteiger partial charge < -0.3 is 19.9 Å². The lowest BCUT2D eigenvalue weighted by atomic mass is 10.00. The number of benzene rings is 1. The fourth-order valence-corrected chi connectivity index (χ4v) is 4.11. The molecular formula is C27H38N4O3S. The number of aromatic nitrogens is 2.